The van der Waals surface area contributed by atoms with Crippen molar-refractivity contribution in [2.24, 2.45) is 11.8 Å². The van der Waals surface area contributed by atoms with E-state index in [1.807, 2.05) is 6.07 Å². The molecule has 2 aromatic carbocycles. The molecule has 0 saturated heterocycles. The summed E-state index contributed by atoms with van der Waals surface area (Å²) in [6.45, 7) is 2.40. The van der Waals surface area contributed by atoms with Gasteiger partial charge in [0.2, 0.25) is 0 Å². The summed E-state index contributed by atoms with van der Waals surface area (Å²) in [7, 11) is 2.22. The molecule has 1 saturated carbocycles. The van der Waals surface area contributed by atoms with E-state index in [1.54, 1.807) is 11.9 Å². The first kappa shape index (κ1) is 15.7. The molecular formula is C20H25N3S. The maximum Gasteiger partial charge on any atom is 0.102 e. The minimum Gasteiger partial charge on any atom is -0.363 e. The molecule has 1 heterocycles. The van der Waals surface area contributed by atoms with Gasteiger partial charge in [0.15, 0.2) is 0 Å². The second-order valence-electron chi connectivity index (χ2n) is 7.02. The molecule has 1 fully saturated rings. The lowest BCUT2D eigenvalue weighted by molar-refractivity contribution is 0.365. The van der Waals surface area contributed by atoms with E-state index in [-0.39, 0.29) is 0 Å². The van der Waals surface area contributed by atoms with Crippen molar-refractivity contribution in [2.75, 3.05) is 22.0 Å². The van der Waals surface area contributed by atoms with Crippen molar-refractivity contribution in [3.05, 3.63) is 48.5 Å². The van der Waals surface area contributed by atoms with Crippen molar-refractivity contribution in [2.45, 2.75) is 37.2 Å². The Morgan fingerprint density at radius 2 is 1.96 bits per heavy atom. The van der Waals surface area contributed by atoms with Crippen LogP contribution in [-0.2, 0) is 0 Å². The Kier molecular flexibility index (Phi) is 4.31. The summed E-state index contributed by atoms with van der Waals surface area (Å²) in [5.41, 5.74) is 3.71. The SMILES string of the molecule is CC1CCCC1C1Nc2cc(NSc3ccccc3)ccc2N1C. The molecule has 3 atom stereocenters. The molecule has 3 nitrogen and oxygen atoms in total. The summed E-state index contributed by atoms with van der Waals surface area (Å²) >= 11 is 1.65. The maximum atomic E-state index is 3.77. The number of hydrogen-bond donors (Lipinski definition) is 2. The van der Waals surface area contributed by atoms with Crippen LogP contribution in [-0.4, -0.2) is 13.2 Å². The molecule has 24 heavy (non-hydrogen) atoms. The molecule has 0 bridgehead atoms. The Morgan fingerprint density at radius 3 is 2.71 bits per heavy atom. The third-order valence-corrected chi connectivity index (χ3v) is 6.31. The van der Waals surface area contributed by atoms with Gasteiger partial charge in [-0.1, -0.05) is 38.0 Å². The number of anilines is 3. The molecule has 2 N–H and O–H groups in total. The average Bonchev–Trinajstić information content (AvgIpc) is 3.17. The van der Waals surface area contributed by atoms with Gasteiger partial charge in [-0.3, -0.25) is 0 Å². The van der Waals surface area contributed by atoms with E-state index in [1.165, 1.54) is 35.5 Å². The van der Waals surface area contributed by atoms with E-state index >= 15 is 0 Å². The minimum atomic E-state index is 0.439. The zero-order valence-electron chi connectivity index (χ0n) is 14.3. The van der Waals surface area contributed by atoms with Crippen molar-refractivity contribution in [3.63, 3.8) is 0 Å². The van der Waals surface area contributed by atoms with Crippen LogP contribution in [0.2, 0.25) is 0 Å². The fourth-order valence-electron chi connectivity index (χ4n) is 4.07. The van der Waals surface area contributed by atoms with Crippen LogP contribution < -0.4 is 14.9 Å². The molecule has 1 aliphatic carbocycles. The molecule has 2 aromatic rings. The van der Waals surface area contributed by atoms with Gasteiger partial charge in [0.1, 0.15) is 6.17 Å². The molecule has 0 spiro atoms. The number of hydrogen-bond acceptors (Lipinski definition) is 4. The highest BCUT2D eigenvalue weighted by atomic mass is 32.2. The van der Waals surface area contributed by atoms with Gasteiger partial charge < -0.3 is 14.9 Å². The molecule has 0 aromatic heterocycles. The molecule has 126 valence electrons. The normalized spacial score (nSPS) is 25.4. The van der Waals surface area contributed by atoms with Gasteiger partial charge in [-0.15, -0.1) is 0 Å². The largest absolute Gasteiger partial charge is 0.363 e. The van der Waals surface area contributed by atoms with Crippen LogP contribution in [0.15, 0.2) is 53.4 Å². The Balaban J connectivity index is 1.47. The first-order chi connectivity index (χ1) is 11.7. The Morgan fingerprint density at radius 1 is 1.12 bits per heavy atom. The topological polar surface area (TPSA) is 27.3 Å². The summed E-state index contributed by atoms with van der Waals surface area (Å²) in [6.07, 6.45) is 4.52. The number of benzene rings is 2. The van der Waals surface area contributed by atoms with E-state index in [0.717, 1.165) is 17.5 Å². The lowest BCUT2D eigenvalue weighted by atomic mass is 9.94. The monoisotopic (exact) mass is 339 g/mol. The third kappa shape index (κ3) is 2.95. The zero-order valence-corrected chi connectivity index (χ0v) is 15.1. The van der Waals surface area contributed by atoms with Gasteiger partial charge in [0.25, 0.3) is 0 Å². The first-order valence-corrected chi connectivity index (χ1v) is 9.65. The second-order valence-corrected chi connectivity index (χ2v) is 7.90. The highest BCUT2D eigenvalue weighted by Gasteiger charge is 2.37. The van der Waals surface area contributed by atoms with Crippen LogP contribution in [0.3, 0.4) is 0 Å². The van der Waals surface area contributed by atoms with E-state index in [0.29, 0.717) is 6.17 Å². The standard InChI is InChI=1S/C20H25N3S/c1-14-7-6-10-17(14)20-21-18-13-15(11-12-19(18)23(20)2)22-24-16-8-4-3-5-9-16/h3-5,8-9,11-14,17,20-22H,6-7,10H2,1-2H3. The smallest absolute Gasteiger partial charge is 0.102 e. The van der Waals surface area contributed by atoms with E-state index in [2.05, 4.69) is 71.4 Å². The molecule has 1 aliphatic heterocycles. The van der Waals surface area contributed by atoms with E-state index < -0.39 is 0 Å². The van der Waals surface area contributed by atoms with Crippen molar-refractivity contribution in [3.8, 4) is 0 Å². The highest BCUT2D eigenvalue weighted by molar-refractivity contribution is 8.00. The maximum absolute atomic E-state index is 3.77. The molecule has 0 amide bonds. The Labute approximate surface area is 149 Å². The minimum absolute atomic E-state index is 0.439. The van der Waals surface area contributed by atoms with Crippen molar-refractivity contribution >= 4 is 29.0 Å². The molecular weight excluding hydrogens is 314 g/mol. The van der Waals surface area contributed by atoms with Crippen LogP contribution in [0.5, 0.6) is 0 Å². The highest BCUT2D eigenvalue weighted by Crippen LogP contribution is 2.43. The predicted molar refractivity (Wildman–Crippen MR) is 105 cm³/mol. The van der Waals surface area contributed by atoms with Crippen LogP contribution in [0, 0.1) is 11.8 Å². The molecule has 3 unspecified atom stereocenters. The molecule has 2 aliphatic rings. The lowest BCUT2D eigenvalue weighted by Crippen LogP contribution is -2.40. The average molecular weight is 340 g/mol. The fourth-order valence-corrected chi connectivity index (χ4v) is 4.73. The van der Waals surface area contributed by atoms with Gasteiger partial charge in [0, 0.05) is 23.5 Å². The van der Waals surface area contributed by atoms with Gasteiger partial charge in [-0.05, 0) is 54.6 Å². The van der Waals surface area contributed by atoms with E-state index in [9.17, 15) is 0 Å². The lowest BCUT2D eigenvalue weighted by Gasteiger charge is -2.30. The Bertz CT molecular complexity index is 703. The Hall–Kier alpha value is -1.81. The summed E-state index contributed by atoms with van der Waals surface area (Å²) in [5.74, 6) is 1.56. The number of nitrogens with one attached hydrogen (secondary N) is 2. The van der Waals surface area contributed by atoms with Crippen molar-refractivity contribution in [1.82, 2.24) is 0 Å². The molecule has 4 rings (SSSR count). The summed E-state index contributed by atoms with van der Waals surface area (Å²) in [6, 6.07) is 17.1. The molecule has 0 radical (unpaired) electrons. The second kappa shape index (κ2) is 6.60. The number of rotatable bonds is 4. The van der Waals surface area contributed by atoms with Gasteiger partial charge in [0.05, 0.1) is 11.4 Å². The van der Waals surface area contributed by atoms with Crippen molar-refractivity contribution in [1.29, 1.82) is 0 Å². The summed E-state index contributed by atoms with van der Waals surface area (Å²) in [5, 5.41) is 3.77. The number of fused-ring (bicyclic) bond motifs is 1. The fraction of sp³-hybridized carbons (Fsp3) is 0.400. The number of nitrogens with zero attached hydrogens (tertiary/aromatic N) is 1. The first-order valence-electron chi connectivity index (χ1n) is 8.84. The predicted octanol–water partition coefficient (Wildman–Crippen LogP) is 5.43. The van der Waals surface area contributed by atoms with E-state index in [4.69, 9.17) is 0 Å². The van der Waals surface area contributed by atoms with Crippen LogP contribution in [0.25, 0.3) is 0 Å². The zero-order chi connectivity index (χ0) is 16.5. The van der Waals surface area contributed by atoms with Gasteiger partial charge >= 0.3 is 0 Å². The van der Waals surface area contributed by atoms with Gasteiger partial charge in [-0.2, -0.15) is 0 Å². The van der Waals surface area contributed by atoms with Gasteiger partial charge in [-0.25, -0.2) is 0 Å². The third-order valence-electron chi connectivity index (χ3n) is 5.46. The van der Waals surface area contributed by atoms with Crippen LogP contribution >= 0.6 is 11.9 Å². The molecule has 4 heteroatoms. The van der Waals surface area contributed by atoms with Crippen LogP contribution in [0.1, 0.15) is 26.2 Å². The quantitative estimate of drug-likeness (QED) is 0.726. The summed E-state index contributed by atoms with van der Waals surface area (Å²) < 4.78 is 3.46. The van der Waals surface area contributed by atoms with Crippen LogP contribution in [0.4, 0.5) is 17.1 Å². The van der Waals surface area contributed by atoms with Crippen molar-refractivity contribution < 1.29 is 0 Å². The summed E-state index contributed by atoms with van der Waals surface area (Å²) in [4.78, 5) is 3.65.